The number of hydrogen-bond donors (Lipinski definition) is 1. The van der Waals surface area contributed by atoms with Gasteiger partial charge in [0.25, 0.3) is 5.91 Å². The average Bonchev–Trinajstić information content (AvgIpc) is 3.27. The van der Waals surface area contributed by atoms with Crippen LogP contribution in [0.2, 0.25) is 0 Å². The zero-order valence-electron chi connectivity index (χ0n) is 15.1. The van der Waals surface area contributed by atoms with E-state index in [2.05, 4.69) is 26.0 Å². The highest BCUT2D eigenvalue weighted by Crippen LogP contribution is 2.27. The van der Waals surface area contributed by atoms with Crippen molar-refractivity contribution in [3.05, 3.63) is 57.6 Å². The Morgan fingerprint density at radius 3 is 2.86 bits per heavy atom. The molecule has 29 heavy (non-hydrogen) atoms. The first-order valence-electron chi connectivity index (χ1n) is 8.23. The number of furan rings is 1. The SMILES string of the molecule is COC(=O)c1ccc(CN2C(=O)N/C(=C\c3cc(Br)ccc3OCC#N)C2=O)o1. The molecule has 0 atom stereocenters. The van der Waals surface area contributed by atoms with Crippen molar-refractivity contribution in [3.63, 3.8) is 0 Å². The number of benzene rings is 1. The molecule has 1 saturated heterocycles. The lowest BCUT2D eigenvalue weighted by Crippen LogP contribution is -2.30. The fraction of sp³-hybridized carbons (Fsp3) is 0.158. The van der Waals surface area contributed by atoms with Gasteiger partial charge in [-0.3, -0.25) is 9.69 Å². The molecule has 2 aromatic rings. The van der Waals surface area contributed by atoms with Crippen molar-refractivity contribution in [1.29, 1.82) is 5.26 Å². The zero-order chi connectivity index (χ0) is 21.0. The molecule has 0 saturated carbocycles. The minimum atomic E-state index is -0.659. The van der Waals surface area contributed by atoms with Gasteiger partial charge in [0.05, 0.1) is 13.7 Å². The fourth-order valence-corrected chi connectivity index (χ4v) is 2.95. The summed E-state index contributed by atoms with van der Waals surface area (Å²) in [4.78, 5) is 37.3. The monoisotopic (exact) mass is 459 g/mol. The molecule has 1 aromatic carbocycles. The number of hydrogen-bond acceptors (Lipinski definition) is 7. The first kappa shape index (κ1) is 20.2. The van der Waals surface area contributed by atoms with Gasteiger partial charge in [-0.15, -0.1) is 0 Å². The van der Waals surface area contributed by atoms with Crippen molar-refractivity contribution < 1.29 is 28.3 Å². The Morgan fingerprint density at radius 2 is 2.14 bits per heavy atom. The minimum Gasteiger partial charge on any atom is -0.478 e. The van der Waals surface area contributed by atoms with E-state index in [1.54, 1.807) is 18.2 Å². The van der Waals surface area contributed by atoms with Gasteiger partial charge >= 0.3 is 12.0 Å². The second kappa shape index (κ2) is 8.62. The number of methoxy groups -OCH3 is 1. The first-order valence-corrected chi connectivity index (χ1v) is 9.03. The molecule has 0 aliphatic carbocycles. The predicted octanol–water partition coefficient (Wildman–Crippen LogP) is 2.82. The Bertz CT molecular complexity index is 1050. The summed E-state index contributed by atoms with van der Waals surface area (Å²) in [6, 6.07) is 9.19. The van der Waals surface area contributed by atoms with Crippen molar-refractivity contribution in [2.45, 2.75) is 6.54 Å². The van der Waals surface area contributed by atoms with Crippen molar-refractivity contribution in [2.75, 3.05) is 13.7 Å². The molecule has 1 aromatic heterocycles. The lowest BCUT2D eigenvalue weighted by atomic mass is 10.1. The van der Waals surface area contributed by atoms with Crippen molar-refractivity contribution >= 4 is 39.9 Å². The summed E-state index contributed by atoms with van der Waals surface area (Å²) in [6.45, 7) is -0.319. The van der Waals surface area contributed by atoms with Crippen molar-refractivity contribution in [1.82, 2.24) is 10.2 Å². The van der Waals surface area contributed by atoms with E-state index < -0.39 is 17.9 Å². The van der Waals surface area contributed by atoms with Crippen LogP contribution >= 0.6 is 15.9 Å². The number of carbonyl (C=O) groups is 3. The van der Waals surface area contributed by atoms with E-state index in [1.807, 2.05) is 6.07 Å². The maximum Gasteiger partial charge on any atom is 0.373 e. The molecule has 148 valence electrons. The molecule has 9 nitrogen and oxygen atoms in total. The normalized spacial score (nSPS) is 14.7. The van der Waals surface area contributed by atoms with Gasteiger partial charge in [-0.1, -0.05) is 15.9 Å². The quantitative estimate of drug-likeness (QED) is 0.400. The van der Waals surface area contributed by atoms with E-state index >= 15 is 0 Å². The highest BCUT2D eigenvalue weighted by atomic mass is 79.9. The van der Waals surface area contributed by atoms with Crippen LogP contribution in [0.5, 0.6) is 5.75 Å². The van der Waals surface area contributed by atoms with Crippen LogP contribution in [0.4, 0.5) is 4.79 Å². The van der Waals surface area contributed by atoms with Crippen LogP contribution in [-0.2, 0) is 16.1 Å². The summed E-state index contributed by atoms with van der Waals surface area (Å²) < 4.78 is 15.9. The predicted molar refractivity (Wildman–Crippen MR) is 102 cm³/mol. The number of nitrogens with zero attached hydrogens (tertiary/aromatic N) is 2. The molecule has 0 bridgehead atoms. The van der Waals surface area contributed by atoms with Crippen LogP contribution in [0.15, 0.2) is 44.9 Å². The second-order valence-corrected chi connectivity index (χ2v) is 6.68. The Kier molecular flexibility index (Phi) is 5.99. The molecule has 0 unspecified atom stereocenters. The highest BCUT2D eigenvalue weighted by molar-refractivity contribution is 9.10. The van der Waals surface area contributed by atoms with Gasteiger partial charge in [0, 0.05) is 10.0 Å². The molecule has 1 N–H and O–H groups in total. The van der Waals surface area contributed by atoms with E-state index in [4.69, 9.17) is 14.4 Å². The number of amides is 3. The molecular weight excluding hydrogens is 446 g/mol. The smallest absolute Gasteiger partial charge is 0.373 e. The molecule has 2 heterocycles. The summed E-state index contributed by atoms with van der Waals surface area (Å²) in [5.41, 5.74) is 0.542. The van der Waals surface area contributed by atoms with Crippen molar-refractivity contribution in [2.24, 2.45) is 0 Å². The Balaban J connectivity index is 1.82. The summed E-state index contributed by atoms with van der Waals surface area (Å²) in [5.74, 6) is -0.628. The third-order valence-corrected chi connectivity index (χ3v) is 4.38. The molecule has 0 spiro atoms. The summed E-state index contributed by atoms with van der Waals surface area (Å²) in [5, 5.41) is 11.2. The topological polar surface area (TPSA) is 122 Å². The number of ether oxygens (including phenoxy) is 2. The van der Waals surface area contributed by atoms with E-state index in [0.29, 0.717) is 11.3 Å². The van der Waals surface area contributed by atoms with E-state index in [9.17, 15) is 14.4 Å². The lowest BCUT2D eigenvalue weighted by molar-refractivity contribution is -0.123. The summed E-state index contributed by atoms with van der Waals surface area (Å²) in [7, 11) is 1.22. The third kappa shape index (κ3) is 4.47. The highest BCUT2D eigenvalue weighted by Gasteiger charge is 2.34. The number of nitrogens with one attached hydrogen (secondary N) is 1. The number of halogens is 1. The maximum absolute atomic E-state index is 12.7. The minimum absolute atomic E-state index is 0.0289. The molecule has 10 heteroatoms. The number of carbonyl (C=O) groups excluding carboxylic acids is 3. The van der Waals surface area contributed by atoms with Gasteiger partial charge in [0.15, 0.2) is 6.61 Å². The molecule has 3 amide bonds. The number of esters is 1. The van der Waals surface area contributed by atoms with Crippen LogP contribution in [0.1, 0.15) is 21.9 Å². The number of nitriles is 1. The second-order valence-electron chi connectivity index (χ2n) is 5.77. The van der Waals surface area contributed by atoms with Crippen molar-refractivity contribution in [3.8, 4) is 11.8 Å². The maximum atomic E-state index is 12.7. The summed E-state index contributed by atoms with van der Waals surface area (Å²) in [6.07, 6.45) is 1.46. The van der Waals surface area contributed by atoms with Crippen LogP contribution < -0.4 is 10.1 Å². The summed E-state index contributed by atoms with van der Waals surface area (Å²) >= 11 is 3.33. The zero-order valence-corrected chi connectivity index (χ0v) is 16.7. The van der Waals surface area contributed by atoms with E-state index in [1.165, 1.54) is 25.3 Å². The van der Waals surface area contributed by atoms with Gasteiger partial charge in [0.2, 0.25) is 5.76 Å². The standard InChI is InChI=1S/C19H14BrN3O6/c1-27-18(25)16-5-3-13(29-16)10-23-17(24)14(22-19(23)26)9-11-8-12(20)2-4-15(11)28-7-6-21/h2-5,8-9H,7,10H2,1H3,(H,22,26)/b14-9-. The van der Waals surface area contributed by atoms with Crippen LogP contribution in [-0.4, -0.2) is 36.5 Å². The Labute approximate surface area is 173 Å². The largest absolute Gasteiger partial charge is 0.478 e. The molecule has 1 fully saturated rings. The Hall–Kier alpha value is -3.58. The number of urea groups is 1. The van der Waals surface area contributed by atoms with Gasteiger partial charge in [-0.25, -0.2) is 9.59 Å². The molecular formula is C19H14BrN3O6. The van der Waals surface area contributed by atoms with Gasteiger partial charge in [-0.2, -0.15) is 5.26 Å². The number of imide groups is 1. The van der Waals surface area contributed by atoms with Crippen LogP contribution in [0, 0.1) is 11.3 Å². The van der Waals surface area contributed by atoms with E-state index in [-0.39, 0.29) is 30.4 Å². The first-order chi connectivity index (χ1) is 13.9. The van der Waals surface area contributed by atoms with Gasteiger partial charge in [0.1, 0.15) is 23.3 Å². The van der Waals surface area contributed by atoms with Crippen LogP contribution in [0.25, 0.3) is 6.08 Å². The molecule has 1 aliphatic rings. The van der Waals surface area contributed by atoms with E-state index in [0.717, 1.165) is 9.37 Å². The lowest BCUT2D eigenvalue weighted by Gasteiger charge is -2.09. The third-order valence-electron chi connectivity index (χ3n) is 3.89. The molecule has 1 aliphatic heterocycles. The number of rotatable bonds is 6. The van der Waals surface area contributed by atoms with Gasteiger partial charge in [-0.05, 0) is 36.4 Å². The average molecular weight is 460 g/mol. The Morgan fingerprint density at radius 1 is 1.34 bits per heavy atom. The van der Waals surface area contributed by atoms with Gasteiger partial charge < -0.3 is 19.2 Å². The van der Waals surface area contributed by atoms with Crippen LogP contribution in [0.3, 0.4) is 0 Å². The molecule has 0 radical (unpaired) electrons. The molecule has 3 rings (SSSR count). The fourth-order valence-electron chi connectivity index (χ4n) is 2.57.